The lowest BCUT2D eigenvalue weighted by molar-refractivity contribution is -0.120. The molecule has 0 unspecified atom stereocenters. The molecule has 0 aliphatic heterocycles. The maximum Gasteiger partial charge on any atom is 0.405 e. The van der Waals surface area contributed by atoms with Crippen molar-refractivity contribution in [3.05, 3.63) is 23.4 Å². The molecule has 0 aliphatic carbocycles. The van der Waals surface area contributed by atoms with Crippen molar-refractivity contribution in [1.82, 2.24) is 4.98 Å². The third-order valence-electron chi connectivity index (χ3n) is 2.72. The van der Waals surface area contributed by atoms with Crippen LogP contribution in [0.5, 0.6) is 0 Å². The van der Waals surface area contributed by atoms with Gasteiger partial charge in [0.1, 0.15) is 12.4 Å². The van der Waals surface area contributed by atoms with Crippen LogP contribution in [0.4, 0.5) is 19.0 Å². The van der Waals surface area contributed by atoms with Crippen LogP contribution in [0.15, 0.2) is 12.3 Å². The molecular formula is C12H18F3N3. The lowest BCUT2D eigenvalue weighted by Gasteiger charge is -2.30. The van der Waals surface area contributed by atoms with E-state index in [0.717, 1.165) is 5.56 Å². The van der Waals surface area contributed by atoms with Crippen LogP contribution < -0.4 is 10.6 Å². The van der Waals surface area contributed by atoms with Crippen LogP contribution in [0.25, 0.3) is 0 Å². The van der Waals surface area contributed by atoms with Crippen molar-refractivity contribution in [3.63, 3.8) is 0 Å². The third kappa shape index (κ3) is 3.60. The topological polar surface area (TPSA) is 42.2 Å². The molecule has 0 amide bonds. The molecule has 0 aliphatic rings. The van der Waals surface area contributed by atoms with Gasteiger partial charge in [-0.05, 0) is 32.4 Å². The summed E-state index contributed by atoms with van der Waals surface area (Å²) in [5, 5.41) is 0. The van der Waals surface area contributed by atoms with Gasteiger partial charge in [-0.15, -0.1) is 0 Å². The number of aromatic nitrogens is 1. The minimum atomic E-state index is -4.26. The van der Waals surface area contributed by atoms with Crippen LogP contribution in [0, 0.1) is 6.92 Å². The molecule has 0 aromatic carbocycles. The molecule has 1 heterocycles. The highest BCUT2D eigenvalue weighted by atomic mass is 19.4. The third-order valence-corrected chi connectivity index (χ3v) is 2.72. The van der Waals surface area contributed by atoms with Gasteiger partial charge in [-0.3, -0.25) is 0 Å². The first-order valence-electron chi connectivity index (χ1n) is 5.74. The molecule has 0 atom stereocenters. The summed E-state index contributed by atoms with van der Waals surface area (Å²) in [7, 11) is 0. The molecule has 0 saturated carbocycles. The average Bonchev–Trinajstić information content (AvgIpc) is 2.24. The van der Waals surface area contributed by atoms with E-state index in [0.29, 0.717) is 11.4 Å². The van der Waals surface area contributed by atoms with Gasteiger partial charge < -0.3 is 10.6 Å². The smallest absolute Gasteiger partial charge is 0.345 e. The predicted molar refractivity (Wildman–Crippen MR) is 65.4 cm³/mol. The summed E-state index contributed by atoms with van der Waals surface area (Å²) in [5.41, 5.74) is 7.12. The fraction of sp³-hybridized carbons (Fsp3) is 0.583. The Morgan fingerprint density at radius 3 is 2.44 bits per heavy atom. The fourth-order valence-corrected chi connectivity index (χ4v) is 1.77. The van der Waals surface area contributed by atoms with E-state index >= 15 is 0 Å². The highest BCUT2D eigenvalue weighted by Gasteiger charge is 2.33. The van der Waals surface area contributed by atoms with Gasteiger partial charge in [0.05, 0.1) is 0 Å². The Bertz CT molecular complexity index is 402. The van der Waals surface area contributed by atoms with Crippen LogP contribution >= 0.6 is 0 Å². The minimum Gasteiger partial charge on any atom is -0.345 e. The second-order valence-electron chi connectivity index (χ2n) is 4.47. The summed E-state index contributed by atoms with van der Waals surface area (Å²) in [6, 6.07) is 1.45. The zero-order valence-corrected chi connectivity index (χ0v) is 10.8. The van der Waals surface area contributed by atoms with Crippen LogP contribution in [-0.2, 0) is 6.54 Å². The van der Waals surface area contributed by atoms with Gasteiger partial charge in [-0.2, -0.15) is 13.2 Å². The van der Waals surface area contributed by atoms with Crippen molar-refractivity contribution in [1.29, 1.82) is 0 Å². The van der Waals surface area contributed by atoms with Gasteiger partial charge in [-0.1, -0.05) is 0 Å². The highest BCUT2D eigenvalue weighted by molar-refractivity contribution is 5.51. The Hall–Kier alpha value is -1.30. The Morgan fingerprint density at radius 1 is 1.39 bits per heavy atom. The van der Waals surface area contributed by atoms with Crippen molar-refractivity contribution in [2.45, 2.75) is 39.5 Å². The first-order valence-corrected chi connectivity index (χ1v) is 5.74. The van der Waals surface area contributed by atoms with Crippen molar-refractivity contribution in [3.8, 4) is 0 Å². The zero-order valence-electron chi connectivity index (χ0n) is 10.8. The standard InChI is InChI=1S/C12H18F3N3/c1-8(2)18(7-12(13,14)15)11-10(6-16)9(3)4-5-17-11/h4-5,8H,6-7,16H2,1-3H3. The molecule has 102 valence electrons. The molecule has 0 spiro atoms. The molecule has 2 N–H and O–H groups in total. The van der Waals surface area contributed by atoms with E-state index < -0.39 is 12.7 Å². The largest absolute Gasteiger partial charge is 0.405 e. The Balaban J connectivity index is 3.18. The maximum atomic E-state index is 12.6. The maximum absolute atomic E-state index is 12.6. The second kappa shape index (κ2) is 5.56. The Kier molecular flexibility index (Phi) is 4.56. The molecule has 1 rings (SSSR count). The predicted octanol–water partition coefficient (Wildman–Crippen LogP) is 2.63. The molecule has 1 aromatic heterocycles. The number of nitrogens with zero attached hydrogens (tertiary/aromatic N) is 2. The number of pyridine rings is 1. The fourth-order valence-electron chi connectivity index (χ4n) is 1.77. The van der Waals surface area contributed by atoms with E-state index in [-0.39, 0.29) is 12.6 Å². The number of halogens is 3. The molecule has 1 aromatic rings. The first kappa shape index (κ1) is 14.8. The van der Waals surface area contributed by atoms with Gasteiger partial charge in [0.2, 0.25) is 0 Å². The number of nitrogens with two attached hydrogens (primary N) is 1. The van der Waals surface area contributed by atoms with Gasteiger partial charge in [0, 0.05) is 24.3 Å². The Labute approximate surface area is 105 Å². The number of hydrogen-bond acceptors (Lipinski definition) is 3. The first-order chi connectivity index (χ1) is 8.26. The van der Waals surface area contributed by atoms with E-state index in [1.807, 2.05) is 6.92 Å². The van der Waals surface area contributed by atoms with Crippen LogP contribution in [0.2, 0.25) is 0 Å². The van der Waals surface area contributed by atoms with Crippen molar-refractivity contribution < 1.29 is 13.2 Å². The van der Waals surface area contributed by atoms with Gasteiger partial charge in [-0.25, -0.2) is 4.98 Å². The number of rotatable bonds is 4. The van der Waals surface area contributed by atoms with Crippen LogP contribution in [0.3, 0.4) is 0 Å². The van der Waals surface area contributed by atoms with E-state index in [4.69, 9.17) is 5.73 Å². The molecule has 0 saturated heterocycles. The lowest BCUT2D eigenvalue weighted by atomic mass is 10.1. The van der Waals surface area contributed by atoms with Gasteiger partial charge >= 0.3 is 6.18 Å². The zero-order chi connectivity index (χ0) is 13.9. The summed E-state index contributed by atoms with van der Waals surface area (Å²) in [5.74, 6) is 0.324. The summed E-state index contributed by atoms with van der Waals surface area (Å²) >= 11 is 0. The molecule has 3 nitrogen and oxygen atoms in total. The summed E-state index contributed by atoms with van der Waals surface area (Å²) in [6.07, 6.45) is -2.75. The molecule has 0 fully saturated rings. The lowest BCUT2D eigenvalue weighted by Crippen LogP contribution is -2.40. The molecular weight excluding hydrogens is 243 g/mol. The van der Waals surface area contributed by atoms with E-state index in [1.165, 1.54) is 11.1 Å². The molecule has 0 radical (unpaired) electrons. The number of alkyl halides is 3. The van der Waals surface area contributed by atoms with Crippen LogP contribution in [0.1, 0.15) is 25.0 Å². The van der Waals surface area contributed by atoms with Gasteiger partial charge in [0.15, 0.2) is 0 Å². The minimum absolute atomic E-state index is 0.177. The number of aryl methyl sites for hydroxylation is 1. The average molecular weight is 261 g/mol. The summed E-state index contributed by atoms with van der Waals surface area (Å²) in [4.78, 5) is 5.29. The van der Waals surface area contributed by atoms with E-state index in [9.17, 15) is 13.2 Å². The normalized spacial score (nSPS) is 12.0. The van der Waals surface area contributed by atoms with Crippen molar-refractivity contribution >= 4 is 5.82 Å². The Morgan fingerprint density at radius 2 is 2.00 bits per heavy atom. The highest BCUT2D eigenvalue weighted by Crippen LogP contribution is 2.26. The SMILES string of the molecule is Cc1ccnc(N(CC(F)(F)F)C(C)C)c1CN. The molecule has 18 heavy (non-hydrogen) atoms. The van der Waals surface area contributed by atoms with Crippen LogP contribution in [-0.4, -0.2) is 23.7 Å². The van der Waals surface area contributed by atoms with Crippen molar-refractivity contribution in [2.75, 3.05) is 11.4 Å². The molecule has 0 bridgehead atoms. The number of hydrogen-bond donors (Lipinski definition) is 1. The number of anilines is 1. The quantitative estimate of drug-likeness (QED) is 0.906. The van der Waals surface area contributed by atoms with Crippen molar-refractivity contribution in [2.24, 2.45) is 5.73 Å². The summed E-state index contributed by atoms with van der Waals surface area (Å²) < 4.78 is 37.8. The summed E-state index contributed by atoms with van der Waals surface area (Å²) in [6.45, 7) is 4.38. The van der Waals surface area contributed by atoms with Gasteiger partial charge in [0.25, 0.3) is 0 Å². The molecule has 6 heteroatoms. The monoisotopic (exact) mass is 261 g/mol. The van der Waals surface area contributed by atoms with E-state index in [1.54, 1.807) is 19.9 Å². The van der Waals surface area contributed by atoms with E-state index in [2.05, 4.69) is 4.98 Å². The second-order valence-corrected chi connectivity index (χ2v) is 4.47.